The van der Waals surface area contributed by atoms with Crippen LogP contribution in [-0.4, -0.2) is 41.4 Å². The molecule has 1 nitrogen and oxygen atoms in total. The third-order valence-corrected chi connectivity index (χ3v) is 20.7. The summed E-state index contributed by atoms with van der Waals surface area (Å²) < 4.78 is 16.4. The molecule has 5 rings (SSSR count). The van der Waals surface area contributed by atoms with E-state index in [2.05, 4.69) is 35.7 Å². The minimum absolute atomic E-state index is 0.616. The van der Waals surface area contributed by atoms with Gasteiger partial charge in [-0.15, -0.1) is 0 Å². The summed E-state index contributed by atoms with van der Waals surface area (Å²) in [5.74, 6) is 2.62. The average Bonchev–Trinajstić information content (AvgIpc) is 3.27. The van der Waals surface area contributed by atoms with Gasteiger partial charge in [0.1, 0.15) is 0 Å². The van der Waals surface area contributed by atoms with E-state index in [1.54, 1.807) is 27.7 Å². The van der Waals surface area contributed by atoms with Crippen molar-refractivity contribution in [1.29, 1.82) is 0 Å². The number of hydrogen-bond acceptors (Lipinski definition) is 7. The van der Waals surface area contributed by atoms with E-state index in [0.29, 0.717) is 29.9 Å². The monoisotopic (exact) mass is 544 g/mol. The first kappa shape index (κ1) is 16.5. The van der Waals surface area contributed by atoms with Crippen molar-refractivity contribution in [3.63, 3.8) is 0 Å². The van der Waals surface area contributed by atoms with Gasteiger partial charge in [0.05, 0.1) is 0 Å². The van der Waals surface area contributed by atoms with Crippen LogP contribution in [0.2, 0.25) is 0 Å². The van der Waals surface area contributed by atoms with Crippen LogP contribution in [-0.2, 0) is 4.74 Å². The van der Waals surface area contributed by atoms with Gasteiger partial charge >= 0.3 is 175 Å². The molecule has 0 amide bonds. The minimum atomic E-state index is 0.616. The Morgan fingerprint density at radius 3 is 1.91 bits per heavy atom. The first-order chi connectivity index (χ1) is 11.4. The van der Waals surface area contributed by atoms with Crippen LogP contribution < -0.4 is 0 Å². The standard InChI is InChI=1S/C14H8OS6Se2/c1-3-15-4-2-7(1)8-18-9-10(19-8)21-11(20-9)14-22-12-13(23-14)17-6-5-16-12/h1-4H,5-6H2. The summed E-state index contributed by atoms with van der Waals surface area (Å²) in [4.78, 5) is 0. The predicted octanol–water partition coefficient (Wildman–Crippen LogP) is 5.50. The Hall–Kier alpha value is 1.38. The fourth-order valence-electron chi connectivity index (χ4n) is 2.05. The van der Waals surface area contributed by atoms with Gasteiger partial charge in [-0.2, -0.15) is 0 Å². The van der Waals surface area contributed by atoms with Crippen LogP contribution in [0.5, 0.6) is 0 Å². The molecule has 23 heavy (non-hydrogen) atoms. The van der Waals surface area contributed by atoms with E-state index >= 15 is 0 Å². The van der Waals surface area contributed by atoms with Gasteiger partial charge in [-0.3, -0.25) is 0 Å². The Morgan fingerprint density at radius 2 is 1.30 bits per heavy atom. The van der Waals surface area contributed by atoms with E-state index in [4.69, 9.17) is 4.74 Å². The van der Waals surface area contributed by atoms with E-state index < -0.39 is 0 Å². The number of allylic oxidation sites excluding steroid dienone is 3. The van der Waals surface area contributed by atoms with E-state index in [9.17, 15) is 0 Å². The van der Waals surface area contributed by atoms with Crippen molar-refractivity contribution >= 4 is 100 Å². The van der Waals surface area contributed by atoms with Gasteiger partial charge in [0.2, 0.25) is 0 Å². The van der Waals surface area contributed by atoms with Gasteiger partial charge in [0, 0.05) is 0 Å². The van der Waals surface area contributed by atoms with Gasteiger partial charge in [-0.1, -0.05) is 0 Å². The Labute approximate surface area is 173 Å². The topological polar surface area (TPSA) is 9.23 Å². The molecule has 0 atom stereocenters. The molecule has 5 aliphatic heterocycles. The maximum absolute atomic E-state index is 5.13. The second-order valence-electron chi connectivity index (χ2n) is 4.52. The summed E-state index contributed by atoms with van der Waals surface area (Å²) in [5.41, 5.74) is 1.27. The number of hydrogen-bond donors (Lipinski definition) is 0. The predicted molar refractivity (Wildman–Crippen MR) is 114 cm³/mol. The van der Waals surface area contributed by atoms with Crippen molar-refractivity contribution in [3.8, 4) is 0 Å². The normalized spacial score (nSPS) is 26.4. The molecule has 118 valence electrons. The molecule has 0 unspecified atom stereocenters. The van der Waals surface area contributed by atoms with E-state index in [0.717, 1.165) is 0 Å². The van der Waals surface area contributed by atoms with Crippen molar-refractivity contribution in [2.24, 2.45) is 0 Å². The molecule has 0 aliphatic carbocycles. The van der Waals surface area contributed by atoms with Crippen LogP contribution >= 0.6 is 70.6 Å². The van der Waals surface area contributed by atoms with Crippen molar-refractivity contribution in [3.05, 3.63) is 58.2 Å². The van der Waals surface area contributed by atoms with Gasteiger partial charge in [-0.25, -0.2) is 0 Å². The molecule has 5 aliphatic rings. The summed E-state index contributed by atoms with van der Waals surface area (Å²) >= 11 is 13.4. The summed E-state index contributed by atoms with van der Waals surface area (Å²) in [6.45, 7) is 0. The number of rotatable bonds is 0. The summed E-state index contributed by atoms with van der Waals surface area (Å²) in [5, 5.41) is 0. The van der Waals surface area contributed by atoms with Crippen LogP contribution in [0, 0.1) is 0 Å². The van der Waals surface area contributed by atoms with E-state index in [1.807, 2.05) is 47.0 Å². The van der Waals surface area contributed by atoms with Crippen molar-refractivity contribution in [2.45, 2.75) is 0 Å². The first-order valence-electron chi connectivity index (χ1n) is 6.65. The molecule has 0 aromatic rings. The Morgan fingerprint density at radius 1 is 0.739 bits per heavy atom. The third kappa shape index (κ3) is 3.36. The summed E-state index contributed by atoms with van der Waals surface area (Å²) in [6.07, 6.45) is 7.63. The second-order valence-corrected chi connectivity index (χ2v) is 18.6. The molecule has 0 fully saturated rings. The third-order valence-electron chi connectivity index (χ3n) is 3.05. The zero-order valence-electron chi connectivity index (χ0n) is 11.4. The van der Waals surface area contributed by atoms with Gasteiger partial charge in [-0.05, 0) is 0 Å². The molecule has 9 heteroatoms. The molecule has 0 spiro atoms. The maximum atomic E-state index is 5.13. The number of thioether (sulfide) groups is 6. The molecular weight excluding hydrogens is 534 g/mol. The van der Waals surface area contributed by atoms with Crippen LogP contribution in [0.25, 0.3) is 0 Å². The molecular formula is C14H8OS6Se2. The van der Waals surface area contributed by atoms with Crippen molar-refractivity contribution < 1.29 is 4.74 Å². The summed E-state index contributed by atoms with van der Waals surface area (Å²) in [6, 6.07) is 0. The van der Waals surface area contributed by atoms with E-state index in [-0.39, 0.29) is 0 Å². The Kier molecular flexibility index (Phi) is 5.17. The molecule has 5 heterocycles. The molecule has 0 aromatic carbocycles. The van der Waals surface area contributed by atoms with Crippen molar-refractivity contribution in [2.75, 3.05) is 11.5 Å². The van der Waals surface area contributed by atoms with Crippen molar-refractivity contribution in [1.82, 2.24) is 0 Å². The zero-order valence-corrected chi connectivity index (χ0v) is 19.7. The van der Waals surface area contributed by atoms with Crippen LogP contribution in [0.3, 0.4) is 0 Å². The quantitative estimate of drug-likeness (QED) is 0.370. The van der Waals surface area contributed by atoms with E-state index in [1.165, 1.54) is 29.8 Å². The first-order valence-corrected chi connectivity index (χ1v) is 15.3. The second kappa shape index (κ2) is 7.18. The van der Waals surface area contributed by atoms with Gasteiger partial charge in [0.25, 0.3) is 0 Å². The molecule has 0 N–H and O–H groups in total. The fraction of sp³-hybridized carbons (Fsp3) is 0.143. The Balaban J connectivity index is 1.32. The molecule has 0 saturated heterocycles. The van der Waals surface area contributed by atoms with Crippen LogP contribution in [0.4, 0.5) is 0 Å². The zero-order chi connectivity index (χ0) is 15.2. The average molecular weight is 543 g/mol. The SMILES string of the molecule is C1=CC(=C2SC3=C(S2)SC(=C2[Se]C4=C(SCCS4)[Se]2)S3)C=CO1. The summed E-state index contributed by atoms with van der Waals surface area (Å²) in [7, 11) is 0. The molecule has 0 bridgehead atoms. The molecule has 0 saturated carbocycles. The number of ether oxygens (including phenoxy) is 1. The molecule has 0 aromatic heterocycles. The fourth-order valence-corrected chi connectivity index (χ4v) is 21.4. The van der Waals surface area contributed by atoms with Gasteiger partial charge in [0.15, 0.2) is 0 Å². The molecule has 0 radical (unpaired) electrons. The van der Waals surface area contributed by atoms with Crippen LogP contribution in [0.1, 0.15) is 0 Å². The van der Waals surface area contributed by atoms with Crippen LogP contribution in [0.15, 0.2) is 58.2 Å². The Bertz CT molecular complexity index is 720. The van der Waals surface area contributed by atoms with Gasteiger partial charge < -0.3 is 0 Å².